The van der Waals surface area contributed by atoms with Crippen molar-refractivity contribution < 1.29 is 14.6 Å². The van der Waals surface area contributed by atoms with Crippen molar-refractivity contribution in [3.63, 3.8) is 0 Å². The van der Waals surface area contributed by atoms with E-state index in [1.807, 2.05) is 0 Å². The summed E-state index contributed by atoms with van der Waals surface area (Å²) in [7, 11) is 1.22. The Morgan fingerprint density at radius 2 is 2.33 bits per heavy atom. The molecule has 0 spiro atoms. The number of aromatic nitrogens is 1. The third-order valence-electron chi connectivity index (χ3n) is 1.84. The molecule has 0 saturated heterocycles. The minimum Gasteiger partial charge on any atom is -0.466 e. The van der Waals surface area contributed by atoms with Crippen molar-refractivity contribution >= 4 is 17.6 Å². The van der Waals surface area contributed by atoms with Crippen molar-refractivity contribution in [1.29, 1.82) is 0 Å². The van der Waals surface area contributed by atoms with Gasteiger partial charge in [-0.05, 0) is 6.07 Å². The average Bonchev–Trinajstić information content (AvgIpc) is 2.27. The average molecular weight is 228 g/mol. The maximum atomic E-state index is 11.1. The van der Waals surface area contributed by atoms with Gasteiger partial charge in [0.15, 0.2) is 0 Å². The van der Waals surface area contributed by atoms with Crippen molar-refractivity contribution in [1.82, 2.24) is 4.98 Å². The molecule has 4 nitrogen and oxygen atoms in total. The van der Waals surface area contributed by atoms with E-state index < -0.39 is 12.1 Å². The lowest BCUT2D eigenvalue weighted by Crippen LogP contribution is -2.12. The Labute approximate surface area is 92.2 Å². The van der Waals surface area contributed by atoms with Gasteiger partial charge in [0.2, 0.25) is 0 Å². The molecule has 15 heavy (non-hydrogen) atoms. The molecule has 0 unspecified atom stereocenters. The Bertz CT molecular complexity index is 375. The van der Waals surface area contributed by atoms with Crippen LogP contribution in [-0.4, -0.2) is 23.2 Å². The molecule has 0 saturated carbocycles. The zero-order valence-corrected chi connectivity index (χ0v) is 8.86. The van der Waals surface area contributed by atoms with Crippen molar-refractivity contribution in [2.75, 3.05) is 7.11 Å². The van der Waals surface area contributed by atoms with E-state index in [1.54, 1.807) is 6.07 Å². The van der Waals surface area contributed by atoms with Crippen LogP contribution in [0.2, 0.25) is 5.15 Å². The molecule has 0 aromatic carbocycles. The summed E-state index contributed by atoms with van der Waals surface area (Å²) >= 11 is 5.58. The lowest BCUT2D eigenvalue weighted by molar-refractivity contribution is -0.137. The van der Waals surface area contributed by atoms with E-state index in [1.165, 1.54) is 19.4 Å². The first-order valence-corrected chi connectivity index (χ1v) is 4.50. The van der Waals surface area contributed by atoms with Crippen LogP contribution in [0.15, 0.2) is 30.5 Å². The monoisotopic (exact) mass is 227 g/mol. The van der Waals surface area contributed by atoms with E-state index in [4.69, 9.17) is 11.6 Å². The highest BCUT2D eigenvalue weighted by Crippen LogP contribution is 2.21. The van der Waals surface area contributed by atoms with Crippen LogP contribution in [0.4, 0.5) is 0 Å². The Balaban J connectivity index is 2.85. The van der Waals surface area contributed by atoms with Crippen molar-refractivity contribution in [2.24, 2.45) is 0 Å². The number of methoxy groups -OCH3 is 1. The lowest BCUT2D eigenvalue weighted by atomic mass is 10.1. The van der Waals surface area contributed by atoms with Gasteiger partial charge in [-0.2, -0.15) is 0 Å². The number of nitrogens with zero attached hydrogens (tertiary/aromatic N) is 1. The van der Waals surface area contributed by atoms with Gasteiger partial charge in [-0.15, -0.1) is 0 Å². The molecule has 1 rings (SSSR count). The second kappa shape index (κ2) is 4.91. The smallest absolute Gasteiger partial charge is 0.336 e. The number of aliphatic hydroxyl groups excluding tert-OH is 1. The Morgan fingerprint density at radius 3 is 2.80 bits per heavy atom. The second-order valence-electron chi connectivity index (χ2n) is 2.83. The number of pyridine rings is 1. The zero-order valence-electron chi connectivity index (χ0n) is 8.11. The SMILES string of the molecule is C=C(C(=O)OC)[C@H](O)c1ccc(Cl)nc1. The highest BCUT2D eigenvalue weighted by atomic mass is 35.5. The van der Waals surface area contributed by atoms with Crippen LogP contribution in [0.5, 0.6) is 0 Å². The molecule has 80 valence electrons. The first kappa shape index (κ1) is 11.7. The summed E-state index contributed by atoms with van der Waals surface area (Å²) in [5.41, 5.74) is 0.399. The summed E-state index contributed by atoms with van der Waals surface area (Å²) in [6.45, 7) is 3.44. The van der Waals surface area contributed by atoms with Gasteiger partial charge in [-0.1, -0.05) is 24.2 Å². The summed E-state index contributed by atoms with van der Waals surface area (Å²) in [6, 6.07) is 3.08. The van der Waals surface area contributed by atoms with Gasteiger partial charge >= 0.3 is 5.97 Å². The molecular weight excluding hydrogens is 218 g/mol. The molecule has 1 atom stereocenters. The summed E-state index contributed by atoms with van der Waals surface area (Å²) in [5.74, 6) is -0.655. The third kappa shape index (κ3) is 2.78. The van der Waals surface area contributed by atoms with Gasteiger partial charge in [-0.25, -0.2) is 9.78 Å². The Kier molecular flexibility index (Phi) is 3.82. The van der Waals surface area contributed by atoms with E-state index in [9.17, 15) is 9.90 Å². The maximum Gasteiger partial charge on any atom is 0.336 e. The Morgan fingerprint density at radius 1 is 1.67 bits per heavy atom. The fourth-order valence-electron chi connectivity index (χ4n) is 0.993. The first-order valence-electron chi connectivity index (χ1n) is 4.13. The fourth-order valence-corrected chi connectivity index (χ4v) is 1.10. The number of carbonyl (C=O) groups is 1. The molecule has 0 aliphatic carbocycles. The summed E-state index contributed by atoms with van der Waals surface area (Å²) in [6.07, 6.45) is 0.253. The van der Waals surface area contributed by atoms with Gasteiger partial charge in [0, 0.05) is 11.8 Å². The fraction of sp³-hybridized carbons (Fsp3) is 0.200. The van der Waals surface area contributed by atoms with E-state index >= 15 is 0 Å². The number of halogens is 1. The minimum atomic E-state index is -1.12. The number of hydrogen-bond donors (Lipinski definition) is 1. The van der Waals surface area contributed by atoms with Crippen molar-refractivity contribution in [3.05, 3.63) is 41.2 Å². The maximum absolute atomic E-state index is 11.1. The van der Waals surface area contributed by atoms with Gasteiger partial charge in [0.1, 0.15) is 11.3 Å². The number of ether oxygens (including phenoxy) is 1. The molecule has 1 aromatic heterocycles. The van der Waals surface area contributed by atoms with Gasteiger partial charge in [0.05, 0.1) is 12.7 Å². The number of carbonyl (C=O) groups excluding carboxylic acids is 1. The predicted octanol–water partition coefficient (Wildman–Crippen LogP) is 1.50. The number of hydrogen-bond acceptors (Lipinski definition) is 4. The molecule has 1 aromatic rings. The number of rotatable bonds is 3. The molecule has 0 aliphatic heterocycles. The minimum absolute atomic E-state index is 0.0402. The molecule has 0 amide bonds. The summed E-state index contributed by atoms with van der Waals surface area (Å²) in [4.78, 5) is 14.8. The molecular formula is C10H10ClNO3. The number of aliphatic hydroxyl groups is 1. The number of esters is 1. The van der Waals surface area contributed by atoms with Crippen LogP contribution in [-0.2, 0) is 9.53 Å². The predicted molar refractivity (Wildman–Crippen MR) is 55.4 cm³/mol. The van der Waals surface area contributed by atoms with Crippen LogP contribution in [0.3, 0.4) is 0 Å². The van der Waals surface area contributed by atoms with Crippen LogP contribution in [0, 0.1) is 0 Å². The Hall–Kier alpha value is -1.39. The second-order valence-corrected chi connectivity index (χ2v) is 3.22. The molecule has 0 aliphatic rings. The van der Waals surface area contributed by atoms with Crippen LogP contribution < -0.4 is 0 Å². The third-order valence-corrected chi connectivity index (χ3v) is 2.07. The molecule has 5 heteroatoms. The van der Waals surface area contributed by atoms with Crippen molar-refractivity contribution in [2.45, 2.75) is 6.10 Å². The topological polar surface area (TPSA) is 59.4 Å². The van der Waals surface area contributed by atoms with E-state index in [0.29, 0.717) is 10.7 Å². The standard InChI is InChI=1S/C10H10ClNO3/c1-6(10(14)15-2)9(13)7-3-4-8(11)12-5-7/h3-5,9,13H,1H2,2H3/t9-/m0/s1. The largest absolute Gasteiger partial charge is 0.466 e. The normalized spacial score (nSPS) is 11.9. The summed E-state index contributed by atoms with van der Waals surface area (Å²) in [5, 5.41) is 10.0. The van der Waals surface area contributed by atoms with Gasteiger partial charge < -0.3 is 9.84 Å². The quantitative estimate of drug-likeness (QED) is 0.483. The van der Waals surface area contributed by atoms with Crippen LogP contribution in [0.1, 0.15) is 11.7 Å². The van der Waals surface area contributed by atoms with Gasteiger partial charge in [0.25, 0.3) is 0 Å². The van der Waals surface area contributed by atoms with E-state index in [-0.39, 0.29) is 5.57 Å². The van der Waals surface area contributed by atoms with Crippen molar-refractivity contribution in [3.8, 4) is 0 Å². The highest BCUT2D eigenvalue weighted by Gasteiger charge is 2.18. The van der Waals surface area contributed by atoms with E-state index in [2.05, 4.69) is 16.3 Å². The highest BCUT2D eigenvalue weighted by molar-refractivity contribution is 6.29. The molecule has 0 radical (unpaired) electrons. The first-order chi connectivity index (χ1) is 7.06. The molecule has 0 bridgehead atoms. The molecule has 1 N–H and O–H groups in total. The zero-order chi connectivity index (χ0) is 11.4. The molecule has 1 heterocycles. The summed E-state index contributed by atoms with van der Waals surface area (Å²) < 4.78 is 4.43. The van der Waals surface area contributed by atoms with Crippen LogP contribution >= 0.6 is 11.6 Å². The lowest BCUT2D eigenvalue weighted by Gasteiger charge is -2.11. The molecule has 0 fully saturated rings. The van der Waals surface area contributed by atoms with Gasteiger partial charge in [-0.3, -0.25) is 0 Å². The van der Waals surface area contributed by atoms with Crippen LogP contribution in [0.25, 0.3) is 0 Å². The van der Waals surface area contributed by atoms with E-state index in [0.717, 1.165) is 0 Å².